The topological polar surface area (TPSA) is 47.6 Å². The van der Waals surface area contributed by atoms with Gasteiger partial charge in [0.1, 0.15) is 0 Å². The minimum atomic E-state index is 0.601. The van der Waals surface area contributed by atoms with Gasteiger partial charge < -0.3 is 0 Å². The summed E-state index contributed by atoms with van der Waals surface area (Å²) in [5.41, 5.74) is 5.95. The lowest BCUT2D eigenvalue weighted by Gasteiger charge is -2.20. The van der Waals surface area contributed by atoms with Crippen molar-refractivity contribution in [2.75, 3.05) is 0 Å². The average molecular weight is 531 g/mol. The van der Waals surface area contributed by atoms with Gasteiger partial charge in [-0.3, -0.25) is 0 Å². The van der Waals surface area contributed by atoms with Gasteiger partial charge in [-0.15, -0.1) is 0 Å². The number of benzene rings is 8. The molecule has 0 atom stereocenters. The highest BCUT2D eigenvalue weighted by Gasteiger charge is 2.20. The fourth-order valence-electron chi connectivity index (χ4n) is 6.65. The van der Waals surface area contributed by atoms with Crippen molar-refractivity contribution in [2.24, 2.45) is 0 Å². The Bertz CT molecular complexity index is 2430. The summed E-state index contributed by atoms with van der Waals surface area (Å²) in [5, 5.41) is 30.6. The van der Waals surface area contributed by atoms with Crippen LogP contribution in [0.4, 0.5) is 0 Å². The highest BCUT2D eigenvalue weighted by atomic mass is 14.3. The summed E-state index contributed by atoms with van der Waals surface area (Å²) in [6.45, 7) is 0. The zero-order valence-corrected chi connectivity index (χ0v) is 22.6. The Labute approximate surface area is 242 Å². The maximum absolute atomic E-state index is 9.75. The molecule has 0 aliphatic rings. The molecule has 0 spiro atoms. The number of nitrogens with zero attached hydrogens (tertiary/aromatic N) is 2. The predicted octanol–water partition coefficient (Wildman–Crippen LogP) is 10.5. The number of hydrogen-bond acceptors (Lipinski definition) is 2. The van der Waals surface area contributed by atoms with Gasteiger partial charge in [0.15, 0.2) is 0 Å². The molecule has 0 N–H and O–H groups in total. The predicted molar refractivity (Wildman–Crippen MR) is 174 cm³/mol. The lowest BCUT2D eigenvalue weighted by molar-refractivity contribution is 1.49. The molecule has 8 aromatic rings. The molecule has 8 rings (SSSR count). The van der Waals surface area contributed by atoms with Gasteiger partial charge in [-0.05, 0) is 106 Å². The van der Waals surface area contributed by atoms with E-state index in [0.29, 0.717) is 11.1 Å². The van der Waals surface area contributed by atoms with E-state index in [1.807, 2.05) is 30.3 Å². The quantitative estimate of drug-likeness (QED) is 0.165. The molecular formula is C40H22N2. The van der Waals surface area contributed by atoms with Gasteiger partial charge >= 0.3 is 0 Å². The second-order valence-corrected chi connectivity index (χ2v) is 10.7. The van der Waals surface area contributed by atoms with E-state index < -0.39 is 0 Å². The highest BCUT2D eigenvalue weighted by Crippen LogP contribution is 2.47. The largest absolute Gasteiger partial charge is 0.192 e. The van der Waals surface area contributed by atoms with E-state index in [0.717, 1.165) is 27.1 Å². The Morgan fingerprint density at radius 1 is 0.333 bits per heavy atom. The summed E-state index contributed by atoms with van der Waals surface area (Å²) >= 11 is 0. The molecule has 0 aliphatic heterocycles. The Kier molecular flexibility index (Phi) is 5.29. The zero-order chi connectivity index (χ0) is 28.2. The Morgan fingerprint density at radius 3 is 1.50 bits per heavy atom. The van der Waals surface area contributed by atoms with Gasteiger partial charge in [0.05, 0.1) is 23.3 Å². The number of fused-ring (bicyclic) bond motifs is 6. The van der Waals surface area contributed by atoms with E-state index in [1.54, 1.807) is 0 Å². The lowest BCUT2D eigenvalue weighted by Crippen LogP contribution is -1.93. The molecule has 0 aromatic heterocycles. The molecule has 0 radical (unpaired) electrons. The van der Waals surface area contributed by atoms with Crippen LogP contribution in [0.25, 0.3) is 76.1 Å². The summed E-state index contributed by atoms with van der Waals surface area (Å²) in [5.74, 6) is 0. The van der Waals surface area contributed by atoms with Gasteiger partial charge in [0.25, 0.3) is 0 Å². The van der Waals surface area contributed by atoms with Crippen LogP contribution in [-0.4, -0.2) is 0 Å². The van der Waals surface area contributed by atoms with Gasteiger partial charge in [0, 0.05) is 0 Å². The molecule has 0 heterocycles. The molecule has 2 nitrogen and oxygen atoms in total. The molecule has 0 amide bonds. The third-order valence-electron chi connectivity index (χ3n) is 8.47. The van der Waals surface area contributed by atoms with E-state index >= 15 is 0 Å². The summed E-state index contributed by atoms with van der Waals surface area (Å²) in [6, 6.07) is 51.1. The van der Waals surface area contributed by atoms with Crippen LogP contribution in [0.15, 0.2) is 133 Å². The summed E-state index contributed by atoms with van der Waals surface area (Å²) < 4.78 is 0. The molecule has 0 saturated heterocycles. The van der Waals surface area contributed by atoms with Crippen LogP contribution in [0, 0.1) is 22.7 Å². The molecule has 0 unspecified atom stereocenters. The summed E-state index contributed by atoms with van der Waals surface area (Å²) in [6.07, 6.45) is 0. The molecule has 8 aromatic carbocycles. The molecule has 0 saturated carbocycles. The Morgan fingerprint density at radius 2 is 0.857 bits per heavy atom. The van der Waals surface area contributed by atoms with Crippen LogP contribution < -0.4 is 0 Å². The van der Waals surface area contributed by atoms with E-state index in [4.69, 9.17) is 0 Å². The summed E-state index contributed by atoms with van der Waals surface area (Å²) in [7, 11) is 0. The van der Waals surface area contributed by atoms with E-state index in [-0.39, 0.29) is 0 Å². The fraction of sp³-hybridized carbons (Fsp3) is 0. The monoisotopic (exact) mass is 530 g/mol. The summed E-state index contributed by atoms with van der Waals surface area (Å²) in [4.78, 5) is 0. The van der Waals surface area contributed by atoms with Crippen LogP contribution in [0.3, 0.4) is 0 Å². The molecule has 0 bridgehead atoms. The van der Waals surface area contributed by atoms with Crippen LogP contribution >= 0.6 is 0 Å². The van der Waals surface area contributed by atoms with Crippen molar-refractivity contribution in [1.29, 1.82) is 10.5 Å². The van der Waals surface area contributed by atoms with Gasteiger partial charge in [-0.25, -0.2) is 0 Å². The first-order chi connectivity index (χ1) is 20.7. The minimum Gasteiger partial charge on any atom is -0.192 e. The van der Waals surface area contributed by atoms with E-state index in [9.17, 15) is 10.5 Å². The van der Waals surface area contributed by atoms with Crippen molar-refractivity contribution in [1.82, 2.24) is 0 Å². The maximum atomic E-state index is 9.75. The first-order valence-electron chi connectivity index (χ1n) is 14.0. The van der Waals surface area contributed by atoms with Crippen molar-refractivity contribution in [3.63, 3.8) is 0 Å². The second-order valence-electron chi connectivity index (χ2n) is 10.7. The molecule has 192 valence electrons. The highest BCUT2D eigenvalue weighted by molar-refractivity contribution is 6.27. The third-order valence-corrected chi connectivity index (χ3v) is 8.47. The Hall–Kier alpha value is -5.96. The third kappa shape index (κ3) is 3.50. The minimum absolute atomic E-state index is 0.601. The lowest BCUT2D eigenvalue weighted by atomic mass is 9.83. The SMILES string of the molecule is N#Cc1ccc2cc(-c3c4ccccc4c(-c4cccc5ccccc45)c4ccccc34)c3ccc(C#N)cc3c2c1. The first-order valence-corrected chi connectivity index (χ1v) is 14.0. The normalized spacial score (nSPS) is 11.3. The van der Waals surface area contributed by atoms with Crippen molar-refractivity contribution in [3.05, 3.63) is 145 Å². The van der Waals surface area contributed by atoms with Crippen LogP contribution in [-0.2, 0) is 0 Å². The maximum Gasteiger partial charge on any atom is 0.0991 e. The van der Waals surface area contributed by atoms with Crippen LogP contribution in [0.2, 0.25) is 0 Å². The van der Waals surface area contributed by atoms with Gasteiger partial charge in [-0.2, -0.15) is 10.5 Å². The molecule has 42 heavy (non-hydrogen) atoms. The smallest absolute Gasteiger partial charge is 0.0991 e. The van der Waals surface area contributed by atoms with Crippen molar-refractivity contribution in [3.8, 4) is 34.4 Å². The number of hydrogen-bond donors (Lipinski definition) is 0. The molecule has 0 fully saturated rings. The molecular weight excluding hydrogens is 508 g/mol. The van der Waals surface area contributed by atoms with Crippen LogP contribution in [0.5, 0.6) is 0 Å². The Balaban J connectivity index is 1.57. The molecule has 0 aliphatic carbocycles. The van der Waals surface area contributed by atoms with Crippen molar-refractivity contribution in [2.45, 2.75) is 0 Å². The molecule has 2 heteroatoms. The van der Waals surface area contributed by atoms with E-state index in [2.05, 4.69) is 115 Å². The first kappa shape index (κ1) is 23.9. The standard InChI is InChI=1S/C40H22N2/c41-23-25-16-18-28-22-38(30-19-17-26(24-42)21-37(30)36(28)20-25)40-34-13-5-3-11-32(34)39(33-12-4-6-14-35(33)40)31-15-7-9-27-8-1-2-10-29(27)31/h1-22H. The average Bonchev–Trinajstić information content (AvgIpc) is 3.06. The number of rotatable bonds is 2. The van der Waals surface area contributed by atoms with Crippen LogP contribution in [0.1, 0.15) is 11.1 Å². The van der Waals surface area contributed by atoms with Gasteiger partial charge in [0.2, 0.25) is 0 Å². The fourth-order valence-corrected chi connectivity index (χ4v) is 6.65. The second kappa shape index (κ2) is 9.31. The van der Waals surface area contributed by atoms with Crippen molar-refractivity contribution >= 4 is 53.9 Å². The van der Waals surface area contributed by atoms with Crippen molar-refractivity contribution < 1.29 is 0 Å². The zero-order valence-electron chi connectivity index (χ0n) is 22.6. The number of nitriles is 2. The van der Waals surface area contributed by atoms with E-state index in [1.165, 1.54) is 49.0 Å². The van der Waals surface area contributed by atoms with Gasteiger partial charge in [-0.1, -0.05) is 103 Å².